The van der Waals surface area contributed by atoms with E-state index in [0.29, 0.717) is 12.2 Å². The van der Waals surface area contributed by atoms with Crippen molar-refractivity contribution in [1.82, 2.24) is 4.98 Å². The minimum absolute atomic E-state index is 0.0169. The molecule has 0 aliphatic heterocycles. The standard InChI is InChI=1S/C9H12N4O4S/c10-8(12-15)6-4-7(13(16)17)9(11-5-6)18-3-1-2-14/h4-5,14-15H,1-3H2,(H2,10,12). The molecular weight excluding hydrogens is 260 g/mol. The summed E-state index contributed by atoms with van der Waals surface area (Å²) in [6, 6.07) is 1.20. The van der Waals surface area contributed by atoms with Gasteiger partial charge in [-0.05, 0) is 6.42 Å². The third-order valence-electron chi connectivity index (χ3n) is 1.97. The van der Waals surface area contributed by atoms with E-state index in [0.717, 1.165) is 0 Å². The maximum Gasteiger partial charge on any atom is 0.302 e. The highest BCUT2D eigenvalue weighted by Gasteiger charge is 2.17. The molecule has 0 aromatic carbocycles. The van der Waals surface area contributed by atoms with Gasteiger partial charge in [0.15, 0.2) is 10.9 Å². The number of nitro groups is 1. The number of aliphatic hydroxyl groups excluding tert-OH is 1. The Morgan fingerprint density at radius 1 is 1.67 bits per heavy atom. The van der Waals surface area contributed by atoms with Gasteiger partial charge in [-0.15, -0.1) is 0 Å². The number of aliphatic hydroxyl groups is 1. The molecule has 0 saturated carbocycles. The lowest BCUT2D eigenvalue weighted by atomic mass is 10.2. The van der Waals surface area contributed by atoms with Gasteiger partial charge in [-0.2, -0.15) is 0 Å². The zero-order chi connectivity index (χ0) is 13.5. The van der Waals surface area contributed by atoms with Gasteiger partial charge in [0.2, 0.25) is 0 Å². The zero-order valence-corrected chi connectivity index (χ0v) is 10.1. The smallest absolute Gasteiger partial charge is 0.302 e. The van der Waals surface area contributed by atoms with Crippen LogP contribution >= 0.6 is 11.8 Å². The molecule has 1 aromatic heterocycles. The highest BCUT2D eigenvalue weighted by Crippen LogP contribution is 2.27. The van der Waals surface area contributed by atoms with Crippen molar-refractivity contribution in [2.45, 2.75) is 11.4 Å². The fourth-order valence-corrected chi connectivity index (χ4v) is 1.99. The molecule has 0 aliphatic carbocycles. The molecule has 1 rings (SSSR count). The van der Waals surface area contributed by atoms with Crippen LogP contribution in [0.2, 0.25) is 0 Å². The SMILES string of the molecule is NC(=NO)c1cnc(SCCCO)c([N+](=O)[O-])c1. The summed E-state index contributed by atoms with van der Waals surface area (Å²) in [4.78, 5) is 14.2. The predicted octanol–water partition coefficient (Wildman–Crippen LogP) is 0.559. The quantitative estimate of drug-likeness (QED) is 0.131. The molecule has 0 atom stereocenters. The van der Waals surface area contributed by atoms with Crippen molar-refractivity contribution >= 4 is 23.3 Å². The van der Waals surface area contributed by atoms with E-state index in [-0.39, 0.29) is 28.7 Å². The Morgan fingerprint density at radius 2 is 2.39 bits per heavy atom. The predicted molar refractivity (Wildman–Crippen MR) is 65.8 cm³/mol. The van der Waals surface area contributed by atoms with E-state index in [9.17, 15) is 10.1 Å². The molecule has 0 saturated heterocycles. The molecule has 0 aliphatic rings. The maximum absolute atomic E-state index is 10.9. The first-order valence-electron chi connectivity index (χ1n) is 4.96. The van der Waals surface area contributed by atoms with Gasteiger partial charge in [0.25, 0.3) is 0 Å². The zero-order valence-electron chi connectivity index (χ0n) is 9.31. The molecule has 1 heterocycles. The van der Waals surface area contributed by atoms with Crippen LogP contribution < -0.4 is 5.73 Å². The summed E-state index contributed by atoms with van der Waals surface area (Å²) in [7, 11) is 0. The summed E-state index contributed by atoms with van der Waals surface area (Å²) in [5.74, 6) is 0.283. The fraction of sp³-hybridized carbons (Fsp3) is 0.333. The third-order valence-corrected chi connectivity index (χ3v) is 3.05. The number of amidine groups is 1. The Labute approximate surface area is 107 Å². The molecule has 18 heavy (non-hydrogen) atoms. The topological polar surface area (TPSA) is 135 Å². The van der Waals surface area contributed by atoms with Crippen molar-refractivity contribution < 1.29 is 15.2 Å². The lowest BCUT2D eigenvalue weighted by Gasteiger charge is -2.03. The van der Waals surface area contributed by atoms with Crippen molar-refractivity contribution in [3.63, 3.8) is 0 Å². The summed E-state index contributed by atoms with van der Waals surface area (Å²) < 4.78 is 0. The van der Waals surface area contributed by atoms with Crippen LogP contribution in [0.4, 0.5) is 5.69 Å². The van der Waals surface area contributed by atoms with Crippen LogP contribution in [0, 0.1) is 10.1 Å². The summed E-state index contributed by atoms with van der Waals surface area (Å²) in [5.41, 5.74) is 5.30. The Kier molecular flexibility index (Phi) is 5.33. The van der Waals surface area contributed by atoms with Crippen LogP contribution in [0.5, 0.6) is 0 Å². The number of nitrogens with two attached hydrogens (primary N) is 1. The van der Waals surface area contributed by atoms with Crippen molar-refractivity contribution in [2.75, 3.05) is 12.4 Å². The normalized spacial score (nSPS) is 11.5. The molecular formula is C9H12N4O4S. The van der Waals surface area contributed by atoms with Crippen molar-refractivity contribution in [3.05, 3.63) is 27.9 Å². The average molecular weight is 272 g/mol. The molecule has 0 fully saturated rings. The van der Waals surface area contributed by atoms with Gasteiger partial charge in [-0.1, -0.05) is 16.9 Å². The maximum atomic E-state index is 10.9. The second-order valence-corrected chi connectivity index (χ2v) is 4.30. The average Bonchev–Trinajstić information content (AvgIpc) is 2.38. The number of thioether (sulfide) groups is 1. The molecule has 0 bridgehead atoms. The van der Waals surface area contributed by atoms with Gasteiger partial charge in [-0.25, -0.2) is 4.98 Å². The molecule has 98 valence electrons. The molecule has 0 unspecified atom stereocenters. The molecule has 0 spiro atoms. The van der Waals surface area contributed by atoms with Crippen molar-refractivity contribution in [2.24, 2.45) is 10.9 Å². The van der Waals surface area contributed by atoms with E-state index in [1.807, 2.05) is 0 Å². The number of aromatic nitrogens is 1. The number of hydrogen-bond acceptors (Lipinski definition) is 7. The monoisotopic (exact) mass is 272 g/mol. The summed E-state index contributed by atoms with van der Waals surface area (Å²) >= 11 is 1.17. The van der Waals surface area contributed by atoms with Gasteiger partial charge in [0.1, 0.15) is 0 Å². The number of pyridine rings is 1. The minimum atomic E-state index is -0.581. The van der Waals surface area contributed by atoms with Gasteiger partial charge >= 0.3 is 5.69 Å². The number of oxime groups is 1. The van der Waals surface area contributed by atoms with Crippen LogP contribution in [-0.2, 0) is 0 Å². The van der Waals surface area contributed by atoms with Gasteiger partial charge < -0.3 is 16.0 Å². The first kappa shape index (κ1) is 14.2. The van der Waals surface area contributed by atoms with Crippen LogP contribution in [0.1, 0.15) is 12.0 Å². The Morgan fingerprint density at radius 3 is 2.94 bits per heavy atom. The Balaban J connectivity index is 3.01. The fourth-order valence-electron chi connectivity index (χ4n) is 1.11. The Hall–Kier alpha value is -1.87. The molecule has 9 heteroatoms. The molecule has 4 N–H and O–H groups in total. The second-order valence-electron chi connectivity index (χ2n) is 3.22. The highest BCUT2D eigenvalue weighted by atomic mass is 32.2. The van der Waals surface area contributed by atoms with Gasteiger partial charge in [0.05, 0.1) is 4.92 Å². The van der Waals surface area contributed by atoms with E-state index in [2.05, 4.69) is 10.1 Å². The number of hydrogen-bond donors (Lipinski definition) is 3. The first-order chi connectivity index (χ1) is 8.60. The summed E-state index contributed by atoms with van der Waals surface area (Å²) in [5, 5.41) is 31.0. The van der Waals surface area contributed by atoms with E-state index < -0.39 is 4.92 Å². The second kappa shape index (κ2) is 6.77. The number of rotatable bonds is 6. The van der Waals surface area contributed by atoms with Crippen LogP contribution in [-0.4, -0.2) is 38.4 Å². The molecule has 1 aromatic rings. The lowest BCUT2D eigenvalue weighted by molar-refractivity contribution is -0.388. The molecule has 0 radical (unpaired) electrons. The van der Waals surface area contributed by atoms with E-state index >= 15 is 0 Å². The van der Waals surface area contributed by atoms with Crippen molar-refractivity contribution in [3.8, 4) is 0 Å². The molecule has 8 nitrogen and oxygen atoms in total. The Bertz CT molecular complexity index is 466. The van der Waals surface area contributed by atoms with Gasteiger partial charge in [0, 0.05) is 30.2 Å². The van der Waals surface area contributed by atoms with E-state index in [4.69, 9.17) is 16.0 Å². The van der Waals surface area contributed by atoms with Crippen LogP contribution in [0.3, 0.4) is 0 Å². The van der Waals surface area contributed by atoms with E-state index in [1.54, 1.807) is 0 Å². The van der Waals surface area contributed by atoms with E-state index in [1.165, 1.54) is 24.0 Å². The minimum Gasteiger partial charge on any atom is -0.409 e. The largest absolute Gasteiger partial charge is 0.409 e. The highest BCUT2D eigenvalue weighted by molar-refractivity contribution is 7.99. The molecule has 0 amide bonds. The van der Waals surface area contributed by atoms with Crippen LogP contribution in [0.25, 0.3) is 0 Å². The summed E-state index contributed by atoms with van der Waals surface area (Å²) in [6.07, 6.45) is 1.81. The van der Waals surface area contributed by atoms with Crippen LogP contribution in [0.15, 0.2) is 22.4 Å². The lowest BCUT2D eigenvalue weighted by Crippen LogP contribution is -2.14. The van der Waals surface area contributed by atoms with Gasteiger partial charge in [-0.3, -0.25) is 10.1 Å². The number of nitrogens with zero attached hydrogens (tertiary/aromatic N) is 3. The van der Waals surface area contributed by atoms with Crippen molar-refractivity contribution in [1.29, 1.82) is 0 Å². The third kappa shape index (κ3) is 3.57. The summed E-state index contributed by atoms with van der Waals surface area (Å²) in [6.45, 7) is 0.0169. The first-order valence-corrected chi connectivity index (χ1v) is 5.94.